The van der Waals surface area contributed by atoms with Crippen LogP contribution in [0.2, 0.25) is 0 Å². The van der Waals surface area contributed by atoms with Crippen molar-refractivity contribution >= 4 is 17.4 Å². The molecule has 1 heterocycles. The molecule has 1 fully saturated rings. The SMILES string of the molecule is CCCOc1ccc(C2/C(=C(/O)c3ccccc3)C(=O)C(=O)N2CCCN(CC)CC)cc1. The predicted molar refractivity (Wildman–Crippen MR) is 130 cm³/mol. The minimum absolute atomic E-state index is 0.135. The van der Waals surface area contributed by atoms with Gasteiger partial charge in [0, 0.05) is 12.1 Å². The van der Waals surface area contributed by atoms with Crippen LogP contribution in [0.4, 0.5) is 0 Å². The molecule has 3 rings (SSSR count). The number of Topliss-reactive ketones (excluding diaryl/α,β-unsaturated/α-hetero) is 1. The molecular weight excluding hydrogens is 416 g/mol. The lowest BCUT2D eigenvalue weighted by Gasteiger charge is -2.27. The molecule has 1 atom stereocenters. The van der Waals surface area contributed by atoms with Gasteiger partial charge in [-0.05, 0) is 50.2 Å². The number of hydrogen-bond acceptors (Lipinski definition) is 5. The number of aliphatic hydroxyl groups is 1. The zero-order chi connectivity index (χ0) is 23.8. The Morgan fingerprint density at radius 3 is 2.27 bits per heavy atom. The molecule has 0 spiro atoms. The summed E-state index contributed by atoms with van der Waals surface area (Å²) < 4.78 is 5.69. The average molecular weight is 451 g/mol. The van der Waals surface area contributed by atoms with Gasteiger partial charge in [0.05, 0.1) is 18.2 Å². The van der Waals surface area contributed by atoms with E-state index in [9.17, 15) is 14.7 Å². The molecule has 0 saturated carbocycles. The fourth-order valence-corrected chi connectivity index (χ4v) is 4.18. The molecule has 6 heteroatoms. The van der Waals surface area contributed by atoms with Gasteiger partial charge in [-0.15, -0.1) is 0 Å². The van der Waals surface area contributed by atoms with E-state index in [1.165, 1.54) is 0 Å². The Morgan fingerprint density at radius 2 is 1.67 bits per heavy atom. The van der Waals surface area contributed by atoms with E-state index >= 15 is 0 Å². The standard InChI is InChI=1S/C27H34N2O4/c1-4-19-33-22-15-13-20(14-16-22)24-23(25(30)21-11-8-7-9-12-21)26(31)27(32)29(24)18-10-17-28(5-2)6-3/h7-9,11-16,24,30H,4-6,10,17-19H2,1-3H3/b25-23-. The molecule has 0 radical (unpaired) electrons. The molecule has 2 aromatic carbocycles. The van der Waals surface area contributed by atoms with Crippen molar-refractivity contribution in [1.29, 1.82) is 0 Å². The van der Waals surface area contributed by atoms with Crippen LogP contribution in [0.5, 0.6) is 5.75 Å². The minimum atomic E-state index is -0.643. The summed E-state index contributed by atoms with van der Waals surface area (Å²) >= 11 is 0. The van der Waals surface area contributed by atoms with E-state index in [2.05, 4.69) is 18.7 Å². The molecule has 2 aromatic rings. The van der Waals surface area contributed by atoms with Gasteiger partial charge in [-0.1, -0.05) is 63.2 Å². The first-order chi connectivity index (χ1) is 16.0. The first-order valence-electron chi connectivity index (χ1n) is 11.8. The summed E-state index contributed by atoms with van der Waals surface area (Å²) in [5, 5.41) is 11.1. The zero-order valence-corrected chi connectivity index (χ0v) is 19.8. The monoisotopic (exact) mass is 450 g/mol. The normalized spacial score (nSPS) is 17.7. The number of amides is 1. The number of aliphatic hydroxyl groups excluding tert-OH is 1. The summed E-state index contributed by atoms with van der Waals surface area (Å²) in [4.78, 5) is 30.0. The number of ketones is 1. The van der Waals surface area contributed by atoms with E-state index in [-0.39, 0.29) is 11.3 Å². The molecule has 1 aliphatic heterocycles. The Kier molecular flexibility index (Phi) is 8.66. The van der Waals surface area contributed by atoms with E-state index in [1.807, 2.05) is 37.3 Å². The molecule has 1 amide bonds. The van der Waals surface area contributed by atoms with Crippen LogP contribution < -0.4 is 4.74 Å². The van der Waals surface area contributed by atoms with Gasteiger partial charge in [0.25, 0.3) is 11.7 Å². The van der Waals surface area contributed by atoms with Crippen LogP contribution in [-0.4, -0.2) is 59.4 Å². The number of carbonyl (C=O) groups is 2. The van der Waals surface area contributed by atoms with Crippen molar-refractivity contribution in [3.63, 3.8) is 0 Å². The molecule has 1 saturated heterocycles. The maximum Gasteiger partial charge on any atom is 0.295 e. The summed E-state index contributed by atoms with van der Waals surface area (Å²) in [5.74, 6) is -0.613. The van der Waals surface area contributed by atoms with Crippen LogP contribution in [-0.2, 0) is 9.59 Å². The highest BCUT2D eigenvalue weighted by Gasteiger charge is 2.45. The molecule has 0 aliphatic carbocycles. The molecule has 0 aromatic heterocycles. The van der Waals surface area contributed by atoms with Gasteiger partial charge in [-0.25, -0.2) is 0 Å². The minimum Gasteiger partial charge on any atom is -0.507 e. The van der Waals surface area contributed by atoms with E-state index in [0.717, 1.165) is 43.8 Å². The number of benzene rings is 2. The molecule has 1 aliphatic rings. The van der Waals surface area contributed by atoms with Crippen LogP contribution in [0.15, 0.2) is 60.2 Å². The number of carbonyl (C=O) groups excluding carboxylic acids is 2. The van der Waals surface area contributed by atoms with Crippen molar-refractivity contribution in [3.05, 3.63) is 71.3 Å². The fourth-order valence-electron chi connectivity index (χ4n) is 4.18. The Morgan fingerprint density at radius 1 is 1.00 bits per heavy atom. The molecular formula is C27H34N2O4. The third-order valence-electron chi connectivity index (χ3n) is 6.02. The molecule has 33 heavy (non-hydrogen) atoms. The van der Waals surface area contributed by atoms with Gasteiger partial charge in [-0.2, -0.15) is 0 Å². The number of ether oxygens (including phenoxy) is 1. The lowest BCUT2D eigenvalue weighted by molar-refractivity contribution is -0.140. The number of rotatable bonds is 11. The highest BCUT2D eigenvalue weighted by atomic mass is 16.5. The summed E-state index contributed by atoms with van der Waals surface area (Å²) in [6.45, 7) is 10.0. The summed E-state index contributed by atoms with van der Waals surface area (Å²) in [7, 11) is 0. The van der Waals surface area contributed by atoms with Crippen molar-refractivity contribution in [2.45, 2.75) is 39.7 Å². The van der Waals surface area contributed by atoms with Gasteiger partial charge < -0.3 is 19.6 Å². The Balaban J connectivity index is 1.97. The topological polar surface area (TPSA) is 70.1 Å². The van der Waals surface area contributed by atoms with Crippen molar-refractivity contribution < 1.29 is 19.4 Å². The van der Waals surface area contributed by atoms with Crippen molar-refractivity contribution in [2.24, 2.45) is 0 Å². The second-order valence-corrected chi connectivity index (χ2v) is 8.16. The number of nitrogens with zero attached hydrogens (tertiary/aromatic N) is 2. The van der Waals surface area contributed by atoms with Crippen LogP contribution >= 0.6 is 0 Å². The average Bonchev–Trinajstić information content (AvgIpc) is 3.10. The van der Waals surface area contributed by atoms with E-state index in [0.29, 0.717) is 18.7 Å². The number of hydrogen-bond donors (Lipinski definition) is 1. The van der Waals surface area contributed by atoms with Crippen LogP contribution in [0, 0.1) is 0 Å². The van der Waals surface area contributed by atoms with Crippen LogP contribution in [0.25, 0.3) is 5.76 Å². The second-order valence-electron chi connectivity index (χ2n) is 8.16. The first-order valence-corrected chi connectivity index (χ1v) is 11.8. The Hall–Kier alpha value is -3.12. The van der Waals surface area contributed by atoms with Crippen molar-refractivity contribution in [3.8, 4) is 5.75 Å². The van der Waals surface area contributed by atoms with Crippen molar-refractivity contribution in [2.75, 3.05) is 32.8 Å². The maximum absolute atomic E-state index is 13.1. The summed E-state index contributed by atoms with van der Waals surface area (Å²) in [5.41, 5.74) is 1.43. The predicted octanol–water partition coefficient (Wildman–Crippen LogP) is 4.63. The second kappa shape index (κ2) is 11.7. The smallest absolute Gasteiger partial charge is 0.295 e. The van der Waals surface area contributed by atoms with E-state index in [4.69, 9.17) is 4.74 Å². The van der Waals surface area contributed by atoms with Gasteiger partial charge in [0.2, 0.25) is 0 Å². The molecule has 0 bridgehead atoms. The Labute approximate surface area is 196 Å². The summed E-state index contributed by atoms with van der Waals surface area (Å²) in [6, 6.07) is 15.7. The third-order valence-corrected chi connectivity index (χ3v) is 6.02. The maximum atomic E-state index is 13.1. The van der Waals surface area contributed by atoms with Gasteiger partial charge >= 0.3 is 0 Å². The molecule has 1 unspecified atom stereocenters. The third kappa shape index (κ3) is 5.63. The summed E-state index contributed by atoms with van der Waals surface area (Å²) in [6.07, 6.45) is 1.65. The van der Waals surface area contributed by atoms with Gasteiger partial charge in [0.1, 0.15) is 11.5 Å². The van der Waals surface area contributed by atoms with Gasteiger partial charge in [0.15, 0.2) is 0 Å². The van der Waals surface area contributed by atoms with Gasteiger partial charge in [-0.3, -0.25) is 9.59 Å². The quantitative estimate of drug-likeness (QED) is 0.307. The van der Waals surface area contributed by atoms with Crippen LogP contribution in [0.3, 0.4) is 0 Å². The number of likely N-dealkylation sites (tertiary alicyclic amines) is 1. The largest absolute Gasteiger partial charge is 0.507 e. The molecule has 1 N–H and O–H groups in total. The van der Waals surface area contributed by atoms with E-state index in [1.54, 1.807) is 29.2 Å². The fraction of sp³-hybridized carbons (Fsp3) is 0.407. The molecule has 6 nitrogen and oxygen atoms in total. The Bertz CT molecular complexity index is 965. The highest BCUT2D eigenvalue weighted by Crippen LogP contribution is 2.39. The molecule has 176 valence electrons. The first kappa shape index (κ1) is 24.5. The lowest BCUT2D eigenvalue weighted by Crippen LogP contribution is -2.33. The highest BCUT2D eigenvalue weighted by molar-refractivity contribution is 6.46. The van der Waals surface area contributed by atoms with Crippen LogP contribution in [0.1, 0.15) is 50.8 Å². The van der Waals surface area contributed by atoms with Crippen molar-refractivity contribution in [1.82, 2.24) is 9.80 Å². The lowest BCUT2D eigenvalue weighted by atomic mass is 9.95. The van der Waals surface area contributed by atoms with E-state index < -0.39 is 17.7 Å². The zero-order valence-electron chi connectivity index (χ0n) is 19.8.